The molecule has 0 atom stereocenters. The average molecular weight is 436 g/mol. The third-order valence-corrected chi connectivity index (χ3v) is 8.48. The Morgan fingerprint density at radius 2 is 1.55 bits per heavy atom. The van der Waals surface area contributed by atoms with Gasteiger partial charge in [-0.05, 0) is 108 Å². The van der Waals surface area contributed by atoms with Gasteiger partial charge in [0.1, 0.15) is 0 Å². The van der Waals surface area contributed by atoms with Crippen LogP contribution in [-0.4, -0.2) is 55.1 Å². The van der Waals surface area contributed by atoms with Crippen LogP contribution in [0.25, 0.3) is 0 Å². The first-order valence-corrected chi connectivity index (χ1v) is 13.2. The topological polar surface area (TPSA) is 9.72 Å². The molecule has 0 amide bonds. The smallest absolute Gasteiger partial charge is 0.0555 e. The van der Waals surface area contributed by atoms with Crippen molar-refractivity contribution < 1.29 is 0 Å². The highest BCUT2D eigenvalue weighted by molar-refractivity contribution is 7.99. The van der Waals surface area contributed by atoms with Gasteiger partial charge < -0.3 is 14.7 Å². The number of nitrogens with zero attached hydrogens (tertiary/aromatic N) is 3. The van der Waals surface area contributed by atoms with Crippen LogP contribution in [0.1, 0.15) is 50.5 Å². The summed E-state index contributed by atoms with van der Waals surface area (Å²) < 4.78 is 0. The van der Waals surface area contributed by atoms with E-state index in [4.69, 9.17) is 0 Å². The van der Waals surface area contributed by atoms with E-state index in [0.29, 0.717) is 0 Å². The highest BCUT2D eigenvalue weighted by atomic mass is 32.2. The number of benzene rings is 2. The molecule has 2 fully saturated rings. The summed E-state index contributed by atoms with van der Waals surface area (Å²) >= 11 is 1.91. The fraction of sp³-hybridized carbons (Fsp3) is 0.556. The van der Waals surface area contributed by atoms with Gasteiger partial charge >= 0.3 is 0 Å². The summed E-state index contributed by atoms with van der Waals surface area (Å²) in [6.07, 6.45) is 9.58. The van der Waals surface area contributed by atoms with Gasteiger partial charge in [0.05, 0.1) is 11.4 Å². The minimum Gasteiger partial charge on any atom is -0.340 e. The third-order valence-electron chi connectivity index (χ3n) is 7.35. The van der Waals surface area contributed by atoms with Crippen molar-refractivity contribution >= 4 is 23.1 Å². The molecule has 0 N–H and O–H groups in total. The summed E-state index contributed by atoms with van der Waals surface area (Å²) in [6, 6.07) is 16.7. The van der Waals surface area contributed by atoms with E-state index in [0.717, 1.165) is 12.6 Å². The summed E-state index contributed by atoms with van der Waals surface area (Å²) in [6.45, 7) is 9.87. The summed E-state index contributed by atoms with van der Waals surface area (Å²) in [5, 5.41) is 0. The standard InChI is InChI=1S/C27H37N3S/c1-22-11-12-27-25(21-22)30(24-9-3-4-10-26(24)31-27)18-8-7-15-28-19-13-23(14-20-28)29-16-5-2-6-17-29/h3-4,9-12,21,23H,2,5-8,13-20H2,1H3. The molecule has 2 saturated heterocycles. The SMILES string of the molecule is Cc1ccc2c(c1)N(CCCCN1CCC(N3CCCCC3)CC1)c1ccccc1S2. The number of fused-ring (bicyclic) bond motifs is 2. The number of anilines is 2. The van der Waals surface area contributed by atoms with Gasteiger partial charge in [-0.2, -0.15) is 0 Å². The van der Waals surface area contributed by atoms with Gasteiger partial charge in [-0.1, -0.05) is 36.4 Å². The van der Waals surface area contributed by atoms with E-state index in [-0.39, 0.29) is 0 Å². The van der Waals surface area contributed by atoms with Crippen LogP contribution in [0.4, 0.5) is 11.4 Å². The molecular formula is C27H37N3S. The first-order chi connectivity index (χ1) is 15.3. The number of para-hydroxylation sites is 1. The Morgan fingerprint density at radius 3 is 2.39 bits per heavy atom. The van der Waals surface area contributed by atoms with Crippen LogP contribution >= 0.6 is 11.8 Å². The first kappa shape index (κ1) is 21.4. The van der Waals surface area contributed by atoms with Crippen molar-refractivity contribution in [1.82, 2.24) is 9.80 Å². The molecule has 0 aromatic heterocycles. The lowest BCUT2D eigenvalue weighted by molar-refractivity contribution is 0.0920. The fourth-order valence-electron chi connectivity index (χ4n) is 5.58. The van der Waals surface area contributed by atoms with Crippen LogP contribution in [0, 0.1) is 6.92 Å². The molecule has 3 heterocycles. The molecule has 31 heavy (non-hydrogen) atoms. The molecule has 5 rings (SSSR count). The van der Waals surface area contributed by atoms with E-state index in [1.54, 1.807) is 0 Å². The predicted molar refractivity (Wildman–Crippen MR) is 133 cm³/mol. The molecule has 3 aliphatic heterocycles. The van der Waals surface area contributed by atoms with Gasteiger partial charge in [-0.3, -0.25) is 0 Å². The van der Waals surface area contributed by atoms with Gasteiger partial charge in [0.2, 0.25) is 0 Å². The molecule has 3 aliphatic rings. The zero-order valence-corrected chi connectivity index (χ0v) is 19.9. The first-order valence-electron chi connectivity index (χ1n) is 12.4. The molecule has 4 heteroatoms. The molecule has 0 spiro atoms. The average Bonchev–Trinajstić information content (AvgIpc) is 2.82. The van der Waals surface area contributed by atoms with Gasteiger partial charge in [0.25, 0.3) is 0 Å². The summed E-state index contributed by atoms with van der Waals surface area (Å²) in [4.78, 5) is 10.9. The molecule has 0 unspecified atom stereocenters. The molecule has 0 aliphatic carbocycles. The van der Waals surface area contributed by atoms with E-state index in [2.05, 4.69) is 64.1 Å². The van der Waals surface area contributed by atoms with Crippen LogP contribution < -0.4 is 4.90 Å². The van der Waals surface area contributed by atoms with Crippen molar-refractivity contribution in [2.45, 2.75) is 67.7 Å². The molecule has 2 aromatic rings. The Hall–Kier alpha value is -1.49. The largest absolute Gasteiger partial charge is 0.340 e. The summed E-state index contributed by atoms with van der Waals surface area (Å²) in [5.74, 6) is 0. The summed E-state index contributed by atoms with van der Waals surface area (Å²) in [7, 11) is 0. The number of aryl methyl sites for hydroxylation is 1. The number of unbranched alkanes of at least 4 members (excludes halogenated alkanes) is 1. The fourth-order valence-corrected chi connectivity index (χ4v) is 6.65. The van der Waals surface area contributed by atoms with Crippen molar-refractivity contribution in [2.24, 2.45) is 0 Å². The van der Waals surface area contributed by atoms with Crippen LogP contribution in [0.5, 0.6) is 0 Å². The van der Waals surface area contributed by atoms with Crippen molar-refractivity contribution in [3.8, 4) is 0 Å². The normalized spacial score (nSPS) is 20.5. The third kappa shape index (κ3) is 4.97. The zero-order valence-electron chi connectivity index (χ0n) is 19.1. The van der Waals surface area contributed by atoms with Gasteiger partial charge in [0.15, 0.2) is 0 Å². The van der Waals surface area contributed by atoms with E-state index >= 15 is 0 Å². The Bertz CT molecular complexity index is 869. The highest BCUT2D eigenvalue weighted by Crippen LogP contribution is 2.48. The number of likely N-dealkylation sites (tertiary alicyclic amines) is 2. The Morgan fingerprint density at radius 1 is 0.806 bits per heavy atom. The van der Waals surface area contributed by atoms with Crippen LogP contribution in [0.15, 0.2) is 52.3 Å². The lowest BCUT2D eigenvalue weighted by atomic mass is 10.00. The summed E-state index contributed by atoms with van der Waals surface area (Å²) in [5.41, 5.74) is 4.12. The van der Waals surface area contributed by atoms with Crippen molar-refractivity contribution in [2.75, 3.05) is 44.2 Å². The second-order valence-corrected chi connectivity index (χ2v) is 10.7. The molecule has 0 bridgehead atoms. The second-order valence-electron chi connectivity index (χ2n) is 9.57. The quantitative estimate of drug-likeness (QED) is 0.490. The van der Waals surface area contributed by atoms with E-state index in [1.807, 2.05) is 11.8 Å². The number of hydrogen-bond acceptors (Lipinski definition) is 4. The number of hydrogen-bond donors (Lipinski definition) is 0. The lowest BCUT2D eigenvalue weighted by Crippen LogP contribution is -2.46. The number of piperidine rings is 2. The predicted octanol–water partition coefficient (Wildman–Crippen LogP) is 6.33. The molecular weight excluding hydrogens is 398 g/mol. The maximum absolute atomic E-state index is 2.78. The van der Waals surface area contributed by atoms with E-state index < -0.39 is 0 Å². The van der Waals surface area contributed by atoms with Gasteiger partial charge in [0, 0.05) is 22.4 Å². The highest BCUT2D eigenvalue weighted by Gasteiger charge is 2.26. The van der Waals surface area contributed by atoms with E-state index in [1.165, 1.54) is 104 Å². The van der Waals surface area contributed by atoms with Crippen LogP contribution in [-0.2, 0) is 0 Å². The number of rotatable bonds is 6. The monoisotopic (exact) mass is 435 g/mol. The Labute approximate surface area is 192 Å². The van der Waals surface area contributed by atoms with Crippen LogP contribution in [0.3, 0.4) is 0 Å². The van der Waals surface area contributed by atoms with E-state index in [9.17, 15) is 0 Å². The van der Waals surface area contributed by atoms with Crippen molar-refractivity contribution in [3.05, 3.63) is 48.0 Å². The maximum Gasteiger partial charge on any atom is 0.0555 e. The zero-order chi connectivity index (χ0) is 21.0. The molecule has 0 radical (unpaired) electrons. The molecule has 2 aromatic carbocycles. The van der Waals surface area contributed by atoms with Crippen molar-refractivity contribution in [3.63, 3.8) is 0 Å². The van der Waals surface area contributed by atoms with Gasteiger partial charge in [-0.25, -0.2) is 0 Å². The Kier molecular flexibility index (Phi) is 6.87. The molecule has 166 valence electrons. The van der Waals surface area contributed by atoms with Gasteiger partial charge in [-0.15, -0.1) is 0 Å². The molecule has 0 saturated carbocycles. The minimum absolute atomic E-state index is 0.860. The Balaban J connectivity index is 1.13. The molecule has 3 nitrogen and oxygen atoms in total. The van der Waals surface area contributed by atoms with Crippen molar-refractivity contribution in [1.29, 1.82) is 0 Å². The minimum atomic E-state index is 0.860. The maximum atomic E-state index is 2.78. The second kappa shape index (κ2) is 9.97. The lowest BCUT2D eigenvalue weighted by Gasteiger charge is -2.40. The van der Waals surface area contributed by atoms with Crippen LogP contribution in [0.2, 0.25) is 0 Å².